The van der Waals surface area contributed by atoms with Gasteiger partial charge in [0.15, 0.2) is 0 Å². The molecule has 1 atom stereocenters. The average Bonchev–Trinajstić information content (AvgIpc) is 2.48. The third-order valence-corrected chi connectivity index (χ3v) is 3.53. The van der Waals surface area contributed by atoms with Gasteiger partial charge in [0.05, 0.1) is 7.11 Å². The summed E-state index contributed by atoms with van der Waals surface area (Å²) in [5.41, 5.74) is 1.38. The van der Waals surface area contributed by atoms with Gasteiger partial charge < -0.3 is 10.1 Å². The van der Waals surface area contributed by atoms with Crippen LogP contribution in [0.25, 0.3) is 0 Å². The molecule has 1 saturated heterocycles. The molecule has 1 fully saturated rings. The first kappa shape index (κ1) is 14.0. The number of piperazine rings is 1. The van der Waals surface area contributed by atoms with Crippen molar-refractivity contribution in [3.8, 4) is 0 Å². The largest absolute Gasteiger partial charge is 0.468 e. The highest BCUT2D eigenvalue weighted by molar-refractivity contribution is 5.76. The van der Waals surface area contributed by atoms with Crippen molar-refractivity contribution in [3.05, 3.63) is 35.9 Å². The Morgan fingerprint density at radius 2 is 2.21 bits per heavy atom. The van der Waals surface area contributed by atoms with E-state index in [1.807, 2.05) is 6.07 Å². The van der Waals surface area contributed by atoms with Gasteiger partial charge in [0.2, 0.25) is 0 Å². The molecule has 0 aromatic heterocycles. The zero-order chi connectivity index (χ0) is 13.5. The molecule has 19 heavy (non-hydrogen) atoms. The quantitative estimate of drug-likeness (QED) is 0.806. The van der Waals surface area contributed by atoms with Crippen LogP contribution in [0.4, 0.5) is 0 Å². The minimum absolute atomic E-state index is 0.159. The first-order chi connectivity index (χ1) is 9.29. The monoisotopic (exact) mass is 262 g/mol. The predicted molar refractivity (Wildman–Crippen MR) is 75.0 cm³/mol. The van der Waals surface area contributed by atoms with Crippen LogP contribution in [0.1, 0.15) is 12.0 Å². The molecule has 1 aliphatic heterocycles. The zero-order valence-corrected chi connectivity index (χ0v) is 11.5. The van der Waals surface area contributed by atoms with Crippen LogP contribution in [0.3, 0.4) is 0 Å². The van der Waals surface area contributed by atoms with Gasteiger partial charge in [0, 0.05) is 19.6 Å². The maximum atomic E-state index is 11.5. The van der Waals surface area contributed by atoms with Gasteiger partial charge in [-0.3, -0.25) is 9.69 Å². The number of ether oxygens (including phenoxy) is 1. The number of esters is 1. The highest BCUT2D eigenvalue weighted by Gasteiger charge is 2.25. The van der Waals surface area contributed by atoms with E-state index in [2.05, 4.69) is 34.5 Å². The summed E-state index contributed by atoms with van der Waals surface area (Å²) in [6, 6.07) is 10.3. The molecule has 0 saturated carbocycles. The summed E-state index contributed by atoms with van der Waals surface area (Å²) in [6.45, 7) is 3.64. The Kier molecular flexibility index (Phi) is 5.36. The number of nitrogens with zero attached hydrogens (tertiary/aromatic N) is 1. The Morgan fingerprint density at radius 3 is 2.95 bits per heavy atom. The number of benzene rings is 1. The summed E-state index contributed by atoms with van der Waals surface area (Å²) >= 11 is 0. The highest BCUT2D eigenvalue weighted by atomic mass is 16.5. The fraction of sp³-hybridized carbons (Fsp3) is 0.533. The highest BCUT2D eigenvalue weighted by Crippen LogP contribution is 2.06. The van der Waals surface area contributed by atoms with Crippen molar-refractivity contribution in [3.63, 3.8) is 0 Å². The number of rotatable bonds is 5. The van der Waals surface area contributed by atoms with Gasteiger partial charge in [0.1, 0.15) is 6.04 Å². The lowest BCUT2D eigenvalue weighted by Gasteiger charge is -2.32. The lowest BCUT2D eigenvalue weighted by Crippen LogP contribution is -2.54. The summed E-state index contributed by atoms with van der Waals surface area (Å²) in [7, 11) is 1.44. The Bertz CT molecular complexity index is 394. The summed E-state index contributed by atoms with van der Waals surface area (Å²) in [6.07, 6.45) is 2.21. The Balaban J connectivity index is 1.72. The molecule has 4 heteroatoms. The van der Waals surface area contributed by atoms with Crippen LogP contribution in [-0.4, -0.2) is 50.2 Å². The molecule has 0 bridgehead atoms. The topological polar surface area (TPSA) is 41.6 Å². The van der Waals surface area contributed by atoms with Crippen LogP contribution in [0.5, 0.6) is 0 Å². The van der Waals surface area contributed by atoms with E-state index in [4.69, 9.17) is 4.74 Å². The molecule has 0 radical (unpaired) electrons. The Labute approximate surface area is 114 Å². The van der Waals surface area contributed by atoms with Gasteiger partial charge in [0.25, 0.3) is 0 Å². The second-order valence-corrected chi connectivity index (χ2v) is 4.92. The molecule has 0 amide bonds. The van der Waals surface area contributed by atoms with Gasteiger partial charge in [-0.1, -0.05) is 30.3 Å². The number of aryl methyl sites for hydroxylation is 1. The van der Waals surface area contributed by atoms with E-state index in [9.17, 15) is 4.79 Å². The molecule has 0 spiro atoms. The fourth-order valence-electron chi connectivity index (χ4n) is 2.47. The van der Waals surface area contributed by atoms with Gasteiger partial charge >= 0.3 is 5.97 Å². The van der Waals surface area contributed by atoms with Gasteiger partial charge in [-0.15, -0.1) is 0 Å². The molecule has 1 heterocycles. The summed E-state index contributed by atoms with van der Waals surface area (Å²) in [4.78, 5) is 13.8. The number of carbonyl (C=O) groups is 1. The number of methoxy groups -OCH3 is 1. The average molecular weight is 262 g/mol. The maximum absolute atomic E-state index is 11.5. The molecule has 0 aliphatic carbocycles. The molecule has 1 aromatic carbocycles. The smallest absolute Gasteiger partial charge is 0.324 e. The second-order valence-electron chi connectivity index (χ2n) is 4.92. The van der Waals surface area contributed by atoms with Crippen molar-refractivity contribution >= 4 is 5.97 Å². The minimum Gasteiger partial charge on any atom is -0.468 e. The molecule has 2 rings (SSSR count). The fourth-order valence-corrected chi connectivity index (χ4v) is 2.47. The third-order valence-electron chi connectivity index (χ3n) is 3.53. The molecular weight excluding hydrogens is 240 g/mol. The first-order valence-electron chi connectivity index (χ1n) is 6.87. The summed E-state index contributed by atoms with van der Waals surface area (Å²) in [5.74, 6) is -0.159. The van der Waals surface area contributed by atoms with Gasteiger partial charge in [-0.2, -0.15) is 0 Å². The maximum Gasteiger partial charge on any atom is 0.324 e. The Hall–Kier alpha value is -1.39. The van der Waals surface area contributed by atoms with Crippen LogP contribution in [-0.2, 0) is 16.0 Å². The van der Waals surface area contributed by atoms with Crippen molar-refractivity contribution in [2.45, 2.75) is 18.9 Å². The number of hydrogen-bond donors (Lipinski definition) is 1. The number of nitrogens with one attached hydrogen (secondary N) is 1. The van der Waals surface area contributed by atoms with E-state index in [1.165, 1.54) is 12.7 Å². The van der Waals surface area contributed by atoms with Crippen molar-refractivity contribution in [1.82, 2.24) is 10.2 Å². The molecule has 0 unspecified atom stereocenters. The molecule has 1 N–H and O–H groups in total. The van der Waals surface area contributed by atoms with Crippen LogP contribution in [0, 0.1) is 0 Å². The SMILES string of the molecule is COC(=O)[C@H]1CN(CCCc2ccccc2)CCN1. The van der Waals surface area contributed by atoms with Crippen molar-refractivity contribution in [1.29, 1.82) is 0 Å². The van der Waals surface area contributed by atoms with Crippen LogP contribution >= 0.6 is 0 Å². The molecular formula is C15H22N2O2. The van der Waals surface area contributed by atoms with E-state index in [-0.39, 0.29) is 12.0 Å². The van der Waals surface area contributed by atoms with E-state index in [0.717, 1.165) is 39.0 Å². The van der Waals surface area contributed by atoms with Crippen molar-refractivity contribution in [2.24, 2.45) is 0 Å². The van der Waals surface area contributed by atoms with E-state index >= 15 is 0 Å². The molecule has 104 valence electrons. The molecule has 4 nitrogen and oxygen atoms in total. The van der Waals surface area contributed by atoms with Crippen molar-refractivity contribution in [2.75, 3.05) is 33.3 Å². The number of hydrogen-bond acceptors (Lipinski definition) is 4. The number of carbonyl (C=O) groups excluding carboxylic acids is 1. The van der Waals surface area contributed by atoms with Crippen molar-refractivity contribution < 1.29 is 9.53 Å². The second kappa shape index (κ2) is 7.26. The third kappa shape index (κ3) is 4.33. The zero-order valence-electron chi connectivity index (χ0n) is 11.5. The van der Waals surface area contributed by atoms with Crippen LogP contribution < -0.4 is 5.32 Å². The summed E-state index contributed by atoms with van der Waals surface area (Å²) < 4.78 is 4.78. The molecule has 1 aromatic rings. The van der Waals surface area contributed by atoms with E-state index in [1.54, 1.807) is 0 Å². The minimum atomic E-state index is -0.171. The van der Waals surface area contributed by atoms with E-state index < -0.39 is 0 Å². The first-order valence-corrected chi connectivity index (χ1v) is 6.87. The Morgan fingerprint density at radius 1 is 1.42 bits per heavy atom. The van der Waals surface area contributed by atoms with Crippen LogP contribution in [0.15, 0.2) is 30.3 Å². The molecule has 1 aliphatic rings. The van der Waals surface area contributed by atoms with Gasteiger partial charge in [-0.05, 0) is 24.9 Å². The lowest BCUT2D eigenvalue weighted by molar-refractivity contribution is -0.144. The standard InChI is InChI=1S/C15H22N2O2/c1-19-15(18)14-12-17(11-9-16-14)10-5-8-13-6-3-2-4-7-13/h2-4,6-7,14,16H,5,8-12H2,1H3/t14-/m1/s1. The predicted octanol–water partition coefficient (Wildman–Crippen LogP) is 1.07. The normalized spacial score (nSPS) is 20.2. The lowest BCUT2D eigenvalue weighted by atomic mass is 10.1. The van der Waals surface area contributed by atoms with Crippen LogP contribution in [0.2, 0.25) is 0 Å². The van der Waals surface area contributed by atoms with E-state index in [0.29, 0.717) is 0 Å². The summed E-state index contributed by atoms with van der Waals surface area (Å²) in [5, 5.41) is 3.19. The van der Waals surface area contributed by atoms with Gasteiger partial charge in [-0.25, -0.2) is 0 Å².